The molecule has 0 saturated heterocycles. The smallest absolute Gasteiger partial charge is 0.261 e. The largest absolute Gasteiger partial charge is 0.511 e. The topological polar surface area (TPSA) is 87.0 Å². The molecule has 2 saturated carbocycles. The maximum Gasteiger partial charge on any atom is 0.261 e. The van der Waals surface area contributed by atoms with E-state index in [1.165, 1.54) is 11.3 Å². The number of fused-ring (bicyclic) bond motifs is 1. The maximum absolute atomic E-state index is 13.0. The lowest BCUT2D eigenvalue weighted by atomic mass is 9.73. The Hall–Kier alpha value is -2.76. The highest BCUT2D eigenvalue weighted by Crippen LogP contribution is 2.37. The molecule has 1 aliphatic heterocycles. The van der Waals surface area contributed by atoms with Crippen LogP contribution in [-0.4, -0.2) is 45.9 Å². The standard InChI is InChI=1S/C26H32N2O4/c1-26(2)15-20(27-17-9-4-3-5-10-17)23(22(30)16-26)21(29)13-8-14-28-24(31)18-11-6-7-12-19(18)25(28)32/h6-7,11-12,17,29H,3-5,8-10,13-16H2,1-2H3/b23-21-,27-20?. The van der Waals surface area contributed by atoms with Gasteiger partial charge in [-0.1, -0.05) is 45.2 Å². The van der Waals surface area contributed by atoms with Crippen LogP contribution in [0.2, 0.25) is 0 Å². The molecule has 1 aromatic rings. The van der Waals surface area contributed by atoms with Crippen LogP contribution in [-0.2, 0) is 4.79 Å². The summed E-state index contributed by atoms with van der Waals surface area (Å²) in [6, 6.07) is 7.03. The van der Waals surface area contributed by atoms with Gasteiger partial charge < -0.3 is 5.11 Å². The zero-order valence-corrected chi connectivity index (χ0v) is 19.0. The molecule has 2 fully saturated rings. The molecule has 0 bridgehead atoms. The molecule has 0 unspecified atom stereocenters. The predicted molar refractivity (Wildman–Crippen MR) is 123 cm³/mol. The fourth-order valence-electron chi connectivity index (χ4n) is 5.13. The fourth-order valence-corrected chi connectivity index (χ4v) is 5.13. The maximum atomic E-state index is 13.0. The third-order valence-corrected chi connectivity index (χ3v) is 6.73. The van der Waals surface area contributed by atoms with E-state index < -0.39 is 0 Å². The predicted octanol–water partition coefficient (Wildman–Crippen LogP) is 5.04. The summed E-state index contributed by atoms with van der Waals surface area (Å²) in [7, 11) is 0. The second-order valence-electron chi connectivity index (χ2n) is 10.0. The van der Waals surface area contributed by atoms with E-state index >= 15 is 0 Å². The van der Waals surface area contributed by atoms with Crippen LogP contribution in [0.25, 0.3) is 0 Å². The second kappa shape index (κ2) is 9.00. The number of aliphatic hydroxyl groups excluding tert-OH is 1. The quantitative estimate of drug-likeness (QED) is 0.398. The van der Waals surface area contributed by atoms with Crippen molar-refractivity contribution in [3.05, 3.63) is 46.7 Å². The summed E-state index contributed by atoms with van der Waals surface area (Å²) < 4.78 is 0. The van der Waals surface area contributed by atoms with Gasteiger partial charge in [-0.25, -0.2) is 0 Å². The first-order valence-corrected chi connectivity index (χ1v) is 11.7. The van der Waals surface area contributed by atoms with E-state index in [1.54, 1.807) is 24.3 Å². The Labute approximate surface area is 189 Å². The first-order valence-electron chi connectivity index (χ1n) is 11.7. The van der Waals surface area contributed by atoms with E-state index in [9.17, 15) is 19.5 Å². The molecule has 0 atom stereocenters. The summed E-state index contributed by atoms with van der Waals surface area (Å²) in [5, 5.41) is 10.9. The number of amides is 2. The van der Waals surface area contributed by atoms with Gasteiger partial charge in [0.1, 0.15) is 5.76 Å². The van der Waals surface area contributed by atoms with Crippen molar-refractivity contribution < 1.29 is 19.5 Å². The summed E-state index contributed by atoms with van der Waals surface area (Å²) in [6.45, 7) is 4.34. The summed E-state index contributed by atoms with van der Waals surface area (Å²) in [5.74, 6) is -0.619. The molecule has 170 valence electrons. The van der Waals surface area contributed by atoms with E-state index in [2.05, 4.69) is 13.8 Å². The number of hydrogen-bond acceptors (Lipinski definition) is 5. The molecule has 1 heterocycles. The highest BCUT2D eigenvalue weighted by atomic mass is 16.3. The van der Waals surface area contributed by atoms with Crippen molar-refractivity contribution >= 4 is 23.3 Å². The molecule has 2 aliphatic carbocycles. The molecule has 0 spiro atoms. The molecule has 1 aromatic carbocycles. The molecule has 6 nitrogen and oxygen atoms in total. The Morgan fingerprint density at radius 3 is 2.28 bits per heavy atom. The van der Waals surface area contributed by atoms with Crippen LogP contribution < -0.4 is 0 Å². The highest BCUT2D eigenvalue weighted by Gasteiger charge is 2.37. The molecule has 2 amide bonds. The molecular weight excluding hydrogens is 404 g/mol. The van der Waals surface area contributed by atoms with Crippen molar-refractivity contribution in [2.75, 3.05) is 6.54 Å². The summed E-state index contributed by atoms with van der Waals surface area (Å²) >= 11 is 0. The number of imide groups is 1. The molecule has 4 rings (SSSR count). The number of carbonyl (C=O) groups excluding carboxylic acids is 3. The molecule has 0 radical (unpaired) electrons. The van der Waals surface area contributed by atoms with Crippen LogP contribution in [0, 0.1) is 5.41 Å². The van der Waals surface area contributed by atoms with Gasteiger partial charge in [-0.05, 0) is 43.2 Å². The van der Waals surface area contributed by atoms with Gasteiger partial charge in [0.05, 0.1) is 22.7 Å². The number of aliphatic hydroxyl groups is 1. The lowest BCUT2D eigenvalue weighted by molar-refractivity contribution is -0.117. The number of Topliss-reactive ketones (excluding diaryl/α,β-unsaturated/α-hetero) is 1. The van der Waals surface area contributed by atoms with E-state index in [4.69, 9.17) is 4.99 Å². The number of carbonyl (C=O) groups is 3. The number of aliphatic imine (C=N–C) groups is 1. The molecule has 1 N–H and O–H groups in total. The Bertz CT molecular complexity index is 964. The minimum atomic E-state index is -0.298. The van der Waals surface area contributed by atoms with Crippen LogP contribution in [0.1, 0.15) is 92.4 Å². The minimum absolute atomic E-state index is 0.0386. The van der Waals surface area contributed by atoms with Gasteiger partial charge in [-0.2, -0.15) is 0 Å². The first kappa shape index (κ1) is 22.4. The lowest BCUT2D eigenvalue weighted by Gasteiger charge is -2.32. The SMILES string of the molecule is CC1(C)CC(=O)/C(=C(\O)CCCN2C(=O)c3ccccc3C2=O)C(=NC2CCCCC2)C1. The summed E-state index contributed by atoms with van der Waals surface area (Å²) in [5.41, 5.74) is 1.78. The van der Waals surface area contributed by atoms with Crippen molar-refractivity contribution in [1.29, 1.82) is 0 Å². The molecule has 0 aromatic heterocycles. The number of hydrogen-bond donors (Lipinski definition) is 1. The Morgan fingerprint density at radius 1 is 1.03 bits per heavy atom. The Kier molecular flexibility index (Phi) is 6.31. The van der Waals surface area contributed by atoms with Crippen molar-refractivity contribution in [2.45, 2.75) is 77.7 Å². The van der Waals surface area contributed by atoms with Crippen LogP contribution in [0.3, 0.4) is 0 Å². The van der Waals surface area contributed by atoms with Crippen LogP contribution in [0.15, 0.2) is 40.6 Å². The van der Waals surface area contributed by atoms with Gasteiger partial charge in [0.2, 0.25) is 0 Å². The third-order valence-electron chi connectivity index (χ3n) is 6.73. The van der Waals surface area contributed by atoms with Gasteiger partial charge in [-0.3, -0.25) is 24.3 Å². The second-order valence-corrected chi connectivity index (χ2v) is 10.0. The lowest BCUT2D eigenvalue weighted by Crippen LogP contribution is -2.34. The summed E-state index contributed by atoms with van der Waals surface area (Å²) in [6.07, 6.45) is 7.30. The minimum Gasteiger partial charge on any atom is -0.511 e. The monoisotopic (exact) mass is 436 g/mol. The van der Waals surface area contributed by atoms with E-state index in [0.29, 0.717) is 36.0 Å². The molecule has 3 aliphatic rings. The molecule has 32 heavy (non-hydrogen) atoms. The van der Waals surface area contributed by atoms with Crippen molar-refractivity contribution in [3.8, 4) is 0 Å². The van der Waals surface area contributed by atoms with Crippen LogP contribution >= 0.6 is 0 Å². The Morgan fingerprint density at radius 2 is 1.66 bits per heavy atom. The number of allylic oxidation sites excluding steroid dienone is 2. The van der Waals surface area contributed by atoms with E-state index in [0.717, 1.165) is 31.4 Å². The highest BCUT2D eigenvalue weighted by molar-refractivity contribution is 6.24. The average Bonchev–Trinajstić information content (AvgIpc) is 2.98. The third kappa shape index (κ3) is 4.54. The van der Waals surface area contributed by atoms with Crippen molar-refractivity contribution in [2.24, 2.45) is 10.4 Å². The van der Waals surface area contributed by atoms with Crippen molar-refractivity contribution in [3.63, 3.8) is 0 Å². The van der Waals surface area contributed by atoms with Gasteiger partial charge in [-0.15, -0.1) is 0 Å². The number of ketones is 1. The van der Waals surface area contributed by atoms with Gasteiger partial charge in [0, 0.05) is 25.1 Å². The average molecular weight is 437 g/mol. The van der Waals surface area contributed by atoms with E-state index in [-0.39, 0.29) is 47.8 Å². The van der Waals surface area contributed by atoms with Crippen LogP contribution in [0.4, 0.5) is 0 Å². The van der Waals surface area contributed by atoms with Crippen LogP contribution in [0.5, 0.6) is 0 Å². The summed E-state index contributed by atoms with van der Waals surface area (Å²) in [4.78, 5) is 44.2. The normalized spacial score (nSPS) is 24.2. The first-order chi connectivity index (χ1) is 15.3. The zero-order valence-electron chi connectivity index (χ0n) is 19.0. The number of benzene rings is 1. The molecule has 6 heteroatoms. The Balaban J connectivity index is 1.48. The van der Waals surface area contributed by atoms with Crippen molar-refractivity contribution in [1.82, 2.24) is 4.90 Å². The van der Waals surface area contributed by atoms with Gasteiger partial charge >= 0.3 is 0 Å². The van der Waals surface area contributed by atoms with Gasteiger partial charge in [0.25, 0.3) is 11.8 Å². The van der Waals surface area contributed by atoms with E-state index in [1.807, 2.05) is 0 Å². The fraction of sp³-hybridized carbons (Fsp3) is 0.538. The van der Waals surface area contributed by atoms with Gasteiger partial charge in [0.15, 0.2) is 5.78 Å². The molecular formula is C26H32N2O4. The number of rotatable bonds is 5. The zero-order chi connectivity index (χ0) is 22.9. The number of nitrogens with zero attached hydrogens (tertiary/aromatic N) is 2.